The second kappa shape index (κ2) is 5.73. The number of hydrogen-bond donors (Lipinski definition) is 1. The van der Waals surface area contributed by atoms with E-state index < -0.39 is 10.8 Å². The van der Waals surface area contributed by atoms with Crippen molar-refractivity contribution < 1.29 is 9.32 Å². The van der Waals surface area contributed by atoms with Crippen LogP contribution >= 0.6 is 0 Å². The molecule has 0 amide bonds. The van der Waals surface area contributed by atoms with Gasteiger partial charge in [0.25, 0.3) is 0 Å². The Balaban J connectivity index is 2.64. The van der Waals surface area contributed by atoms with Gasteiger partial charge in [-0.25, -0.2) is 0 Å². The van der Waals surface area contributed by atoms with E-state index in [1.807, 2.05) is 37.3 Å². The first kappa shape index (κ1) is 11.1. The van der Waals surface area contributed by atoms with Gasteiger partial charge in [-0.3, -0.25) is 4.21 Å². The lowest BCUT2D eigenvalue weighted by Gasteiger charge is -2.01. The quantitative estimate of drug-likeness (QED) is 0.768. The maximum absolute atomic E-state index is 11.7. The van der Waals surface area contributed by atoms with Crippen LogP contribution in [0.5, 0.6) is 0 Å². The summed E-state index contributed by atoms with van der Waals surface area (Å²) in [5.41, 5.74) is 0.953. The molecule has 0 radical (unpaired) electrons. The topological polar surface area (TPSA) is 37.3 Å². The van der Waals surface area contributed by atoms with Gasteiger partial charge in [-0.2, -0.15) is 0 Å². The Kier molecular flexibility index (Phi) is 4.56. The van der Waals surface area contributed by atoms with E-state index in [0.717, 1.165) is 10.5 Å². The van der Waals surface area contributed by atoms with Gasteiger partial charge in [0.1, 0.15) is 0 Å². The van der Waals surface area contributed by atoms with Crippen molar-refractivity contribution in [2.24, 2.45) is 0 Å². The molecular formula is C11H14O2S. The third-order valence-corrected chi connectivity index (χ3v) is 3.32. The Morgan fingerprint density at radius 2 is 2.07 bits per heavy atom. The van der Waals surface area contributed by atoms with Crippen LogP contribution in [-0.2, 0) is 10.8 Å². The van der Waals surface area contributed by atoms with Crippen molar-refractivity contribution in [2.75, 3.05) is 12.4 Å². The molecule has 0 saturated carbocycles. The van der Waals surface area contributed by atoms with Gasteiger partial charge in [0.05, 0.1) is 17.4 Å². The van der Waals surface area contributed by atoms with Crippen LogP contribution < -0.4 is 0 Å². The minimum absolute atomic E-state index is 0.0117. The molecule has 2 nitrogen and oxygen atoms in total. The van der Waals surface area contributed by atoms with Crippen LogP contribution in [0.4, 0.5) is 0 Å². The van der Waals surface area contributed by atoms with E-state index in [9.17, 15) is 4.21 Å². The molecule has 1 aromatic carbocycles. The van der Waals surface area contributed by atoms with Gasteiger partial charge in [0, 0.05) is 10.6 Å². The Bertz CT molecular complexity index is 330. The van der Waals surface area contributed by atoms with Crippen LogP contribution in [0.15, 0.2) is 46.9 Å². The molecule has 3 heteroatoms. The minimum Gasteiger partial charge on any atom is -0.392 e. The Labute approximate surface area is 86.7 Å². The number of aliphatic hydroxyl groups excluding tert-OH is 1. The molecule has 0 fully saturated rings. The molecule has 14 heavy (non-hydrogen) atoms. The van der Waals surface area contributed by atoms with Crippen molar-refractivity contribution in [2.45, 2.75) is 11.8 Å². The van der Waals surface area contributed by atoms with Crippen LogP contribution in [0.25, 0.3) is 0 Å². The van der Waals surface area contributed by atoms with E-state index in [1.165, 1.54) is 0 Å². The van der Waals surface area contributed by atoms with Crippen LogP contribution in [0, 0.1) is 0 Å². The maximum Gasteiger partial charge on any atom is 0.0615 e. The lowest BCUT2D eigenvalue weighted by Crippen LogP contribution is -1.99. The highest BCUT2D eigenvalue weighted by Gasteiger charge is 2.02. The Morgan fingerprint density at radius 3 is 2.64 bits per heavy atom. The molecule has 0 saturated heterocycles. The molecule has 1 unspecified atom stereocenters. The highest BCUT2D eigenvalue weighted by atomic mass is 32.2. The summed E-state index contributed by atoms with van der Waals surface area (Å²) in [4.78, 5) is 0.832. The summed E-state index contributed by atoms with van der Waals surface area (Å²) in [6, 6.07) is 9.35. The first-order chi connectivity index (χ1) is 6.74. The fourth-order valence-electron chi connectivity index (χ4n) is 1.08. The zero-order valence-corrected chi connectivity index (χ0v) is 8.96. The molecule has 0 heterocycles. The fourth-order valence-corrected chi connectivity index (χ4v) is 2.24. The van der Waals surface area contributed by atoms with Crippen molar-refractivity contribution in [3.63, 3.8) is 0 Å². The Morgan fingerprint density at radius 1 is 1.43 bits per heavy atom. The lowest BCUT2D eigenvalue weighted by atomic mass is 10.3. The average molecular weight is 210 g/mol. The van der Waals surface area contributed by atoms with E-state index in [4.69, 9.17) is 5.11 Å². The molecule has 1 rings (SSSR count). The highest BCUT2D eigenvalue weighted by molar-refractivity contribution is 7.85. The number of hydrogen-bond acceptors (Lipinski definition) is 2. The second-order valence-corrected chi connectivity index (χ2v) is 4.49. The fraction of sp³-hybridized carbons (Fsp3) is 0.273. The van der Waals surface area contributed by atoms with Crippen molar-refractivity contribution >= 4 is 10.8 Å². The van der Waals surface area contributed by atoms with Gasteiger partial charge in [-0.05, 0) is 19.1 Å². The van der Waals surface area contributed by atoms with Crippen molar-refractivity contribution in [1.29, 1.82) is 0 Å². The molecule has 1 atom stereocenters. The van der Waals surface area contributed by atoms with Crippen molar-refractivity contribution in [3.05, 3.63) is 42.0 Å². The third kappa shape index (κ3) is 3.44. The molecular weight excluding hydrogens is 196 g/mol. The second-order valence-electron chi connectivity index (χ2n) is 3.04. The van der Waals surface area contributed by atoms with Crippen molar-refractivity contribution in [3.8, 4) is 0 Å². The molecule has 76 valence electrons. The van der Waals surface area contributed by atoms with Gasteiger partial charge in [-0.15, -0.1) is 0 Å². The van der Waals surface area contributed by atoms with Gasteiger partial charge in [-0.1, -0.05) is 29.8 Å². The number of aliphatic hydroxyl groups is 1. The summed E-state index contributed by atoms with van der Waals surface area (Å²) in [6.45, 7) is 1.88. The monoisotopic (exact) mass is 210 g/mol. The van der Waals surface area contributed by atoms with E-state index in [1.54, 1.807) is 6.08 Å². The van der Waals surface area contributed by atoms with Crippen LogP contribution in [-0.4, -0.2) is 21.7 Å². The van der Waals surface area contributed by atoms with Crippen molar-refractivity contribution in [1.82, 2.24) is 0 Å². The summed E-state index contributed by atoms with van der Waals surface area (Å²) in [6.07, 6.45) is 1.68. The van der Waals surface area contributed by atoms with E-state index in [0.29, 0.717) is 5.75 Å². The summed E-state index contributed by atoms with van der Waals surface area (Å²) in [5.74, 6) is 0.491. The van der Waals surface area contributed by atoms with E-state index in [2.05, 4.69) is 0 Å². The number of rotatable bonds is 4. The summed E-state index contributed by atoms with van der Waals surface area (Å²) in [5, 5.41) is 8.64. The predicted octanol–water partition coefficient (Wildman–Crippen LogP) is 1.73. The first-order valence-electron chi connectivity index (χ1n) is 4.44. The van der Waals surface area contributed by atoms with Gasteiger partial charge >= 0.3 is 0 Å². The summed E-state index contributed by atoms with van der Waals surface area (Å²) in [7, 11) is -0.994. The van der Waals surface area contributed by atoms with Crippen LogP contribution in [0.1, 0.15) is 6.92 Å². The molecule has 1 N–H and O–H groups in total. The van der Waals surface area contributed by atoms with Crippen LogP contribution in [0.3, 0.4) is 0 Å². The summed E-state index contributed by atoms with van der Waals surface area (Å²) >= 11 is 0. The molecule has 0 spiro atoms. The predicted molar refractivity (Wildman–Crippen MR) is 58.6 cm³/mol. The third-order valence-electron chi connectivity index (χ3n) is 1.80. The average Bonchev–Trinajstić information content (AvgIpc) is 2.19. The van der Waals surface area contributed by atoms with E-state index in [-0.39, 0.29) is 6.61 Å². The molecule has 0 aliphatic heterocycles. The summed E-state index contributed by atoms with van der Waals surface area (Å²) < 4.78 is 11.7. The van der Waals surface area contributed by atoms with Gasteiger partial charge < -0.3 is 5.11 Å². The highest BCUT2D eigenvalue weighted by Crippen LogP contribution is 2.08. The van der Waals surface area contributed by atoms with E-state index >= 15 is 0 Å². The molecule has 0 aromatic heterocycles. The molecule has 0 aliphatic carbocycles. The van der Waals surface area contributed by atoms with Gasteiger partial charge in [0.2, 0.25) is 0 Å². The smallest absolute Gasteiger partial charge is 0.0615 e. The zero-order chi connectivity index (χ0) is 10.4. The first-order valence-corrected chi connectivity index (χ1v) is 5.76. The molecule has 0 aliphatic rings. The van der Waals surface area contributed by atoms with Crippen LogP contribution in [0.2, 0.25) is 0 Å². The number of benzene rings is 1. The minimum atomic E-state index is -0.994. The lowest BCUT2D eigenvalue weighted by molar-refractivity contribution is 0.342. The zero-order valence-electron chi connectivity index (χ0n) is 8.14. The molecule has 1 aromatic rings. The normalized spacial score (nSPS) is 14.0. The molecule has 0 bridgehead atoms. The Hall–Kier alpha value is -0.930. The van der Waals surface area contributed by atoms with Gasteiger partial charge in [0.15, 0.2) is 0 Å². The largest absolute Gasteiger partial charge is 0.392 e. The maximum atomic E-state index is 11.7. The SMILES string of the molecule is C/C(=C\CO)CS(=O)c1ccccc1. The standard InChI is InChI=1S/C11H14O2S/c1-10(7-8-12)9-14(13)11-5-3-2-4-6-11/h2-7,12H,8-9H2,1H3/b10-7+.